The molecule has 0 aromatic heterocycles. The van der Waals surface area contributed by atoms with Crippen molar-refractivity contribution in [1.29, 1.82) is 0 Å². The molecule has 2 unspecified atom stereocenters. The molecule has 0 aliphatic carbocycles. The maximum Gasteiger partial charge on any atom is 0.130 e. The maximum atomic E-state index is 14.3. The summed E-state index contributed by atoms with van der Waals surface area (Å²) in [5, 5.41) is 3.38. The zero-order valence-corrected chi connectivity index (χ0v) is 12.7. The van der Waals surface area contributed by atoms with Crippen LogP contribution >= 0.6 is 0 Å². The number of hydrogen-bond acceptors (Lipinski definition) is 3. The summed E-state index contributed by atoms with van der Waals surface area (Å²) >= 11 is 0. The highest BCUT2D eigenvalue weighted by molar-refractivity contribution is 5.56. The summed E-state index contributed by atoms with van der Waals surface area (Å²) in [6.07, 6.45) is 2.05. The summed E-state index contributed by atoms with van der Waals surface area (Å²) in [5.41, 5.74) is 1.73. The van der Waals surface area contributed by atoms with Gasteiger partial charge in [0.05, 0.1) is 12.6 Å². The Labute approximate surface area is 121 Å². The number of nitrogens with zero attached hydrogens (tertiary/aromatic N) is 1. The lowest BCUT2D eigenvalue weighted by Crippen LogP contribution is -2.34. The second kappa shape index (κ2) is 7.04. The molecule has 1 aromatic carbocycles. The van der Waals surface area contributed by atoms with E-state index in [9.17, 15) is 4.39 Å². The van der Waals surface area contributed by atoms with Crippen LogP contribution in [-0.4, -0.2) is 32.8 Å². The van der Waals surface area contributed by atoms with E-state index in [4.69, 9.17) is 4.74 Å². The van der Waals surface area contributed by atoms with Gasteiger partial charge in [0, 0.05) is 30.9 Å². The van der Waals surface area contributed by atoms with Gasteiger partial charge in [0.15, 0.2) is 0 Å². The fourth-order valence-corrected chi connectivity index (χ4v) is 2.75. The standard InChI is InChI=1S/C16H25FN2O/c1-4-9-18-12(2)16-14(17)6-5-7-15(16)19(3)13-8-10-20-11-13/h5-7,12-13,18H,4,8-11H2,1-3H3. The maximum absolute atomic E-state index is 14.3. The van der Waals surface area contributed by atoms with Crippen LogP contribution < -0.4 is 10.2 Å². The molecule has 112 valence electrons. The molecule has 1 heterocycles. The monoisotopic (exact) mass is 280 g/mol. The van der Waals surface area contributed by atoms with Crippen LogP contribution in [0.15, 0.2) is 18.2 Å². The van der Waals surface area contributed by atoms with E-state index < -0.39 is 0 Å². The third-order valence-corrected chi connectivity index (χ3v) is 4.00. The van der Waals surface area contributed by atoms with Gasteiger partial charge in [0.1, 0.15) is 5.82 Å². The van der Waals surface area contributed by atoms with Gasteiger partial charge in [0.2, 0.25) is 0 Å². The molecule has 2 atom stereocenters. The van der Waals surface area contributed by atoms with Crippen LogP contribution in [-0.2, 0) is 4.74 Å². The Bertz CT molecular complexity index is 432. The van der Waals surface area contributed by atoms with Gasteiger partial charge in [-0.1, -0.05) is 13.0 Å². The average molecular weight is 280 g/mol. The lowest BCUT2D eigenvalue weighted by atomic mass is 10.0. The van der Waals surface area contributed by atoms with Crippen molar-refractivity contribution in [3.63, 3.8) is 0 Å². The van der Waals surface area contributed by atoms with E-state index in [0.717, 1.165) is 43.9 Å². The minimum Gasteiger partial charge on any atom is -0.379 e. The van der Waals surface area contributed by atoms with E-state index in [0.29, 0.717) is 6.04 Å². The van der Waals surface area contributed by atoms with Crippen molar-refractivity contribution >= 4 is 5.69 Å². The summed E-state index contributed by atoms with van der Waals surface area (Å²) in [5.74, 6) is -0.135. The number of hydrogen-bond donors (Lipinski definition) is 1. The number of likely N-dealkylation sites (N-methyl/N-ethyl adjacent to an activating group) is 1. The van der Waals surface area contributed by atoms with E-state index in [1.165, 1.54) is 0 Å². The molecular weight excluding hydrogens is 255 g/mol. The van der Waals surface area contributed by atoms with Crippen LogP contribution in [0.3, 0.4) is 0 Å². The second-order valence-electron chi connectivity index (χ2n) is 5.48. The van der Waals surface area contributed by atoms with Crippen molar-refractivity contribution in [1.82, 2.24) is 5.32 Å². The average Bonchev–Trinajstić information content (AvgIpc) is 2.97. The molecule has 1 N–H and O–H groups in total. The van der Waals surface area contributed by atoms with Crippen LogP contribution in [0.1, 0.15) is 38.3 Å². The van der Waals surface area contributed by atoms with Crippen molar-refractivity contribution in [2.24, 2.45) is 0 Å². The summed E-state index contributed by atoms with van der Waals surface area (Å²) in [6.45, 7) is 6.55. The summed E-state index contributed by atoms with van der Waals surface area (Å²) < 4.78 is 19.7. The summed E-state index contributed by atoms with van der Waals surface area (Å²) in [6, 6.07) is 5.68. The smallest absolute Gasteiger partial charge is 0.130 e. The Morgan fingerprint density at radius 1 is 1.50 bits per heavy atom. The SMILES string of the molecule is CCCNC(C)c1c(F)cccc1N(C)C1CCOC1. The summed E-state index contributed by atoms with van der Waals surface area (Å²) in [4.78, 5) is 2.16. The van der Waals surface area contributed by atoms with Gasteiger partial charge in [0.25, 0.3) is 0 Å². The Hall–Kier alpha value is -1.13. The lowest BCUT2D eigenvalue weighted by Gasteiger charge is -2.30. The van der Waals surface area contributed by atoms with Gasteiger partial charge in [-0.25, -0.2) is 4.39 Å². The largest absolute Gasteiger partial charge is 0.379 e. The highest BCUT2D eigenvalue weighted by Crippen LogP contribution is 2.30. The predicted octanol–water partition coefficient (Wildman–Crippen LogP) is 3.11. The van der Waals surface area contributed by atoms with E-state index in [1.807, 2.05) is 20.0 Å². The number of halogens is 1. The normalized spacial score (nSPS) is 20.1. The van der Waals surface area contributed by atoms with Gasteiger partial charge in [-0.05, 0) is 38.4 Å². The van der Waals surface area contributed by atoms with Gasteiger partial charge < -0.3 is 15.0 Å². The topological polar surface area (TPSA) is 24.5 Å². The first-order chi connectivity index (χ1) is 9.65. The third kappa shape index (κ3) is 3.30. The van der Waals surface area contributed by atoms with Crippen molar-refractivity contribution < 1.29 is 9.13 Å². The number of benzene rings is 1. The van der Waals surface area contributed by atoms with Crippen LogP contribution in [0.25, 0.3) is 0 Å². The third-order valence-electron chi connectivity index (χ3n) is 4.00. The number of ether oxygens (including phenoxy) is 1. The van der Waals surface area contributed by atoms with Crippen molar-refractivity contribution in [2.75, 3.05) is 31.7 Å². The van der Waals surface area contributed by atoms with E-state index in [-0.39, 0.29) is 11.9 Å². The van der Waals surface area contributed by atoms with Gasteiger partial charge in [-0.15, -0.1) is 0 Å². The first-order valence-corrected chi connectivity index (χ1v) is 7.47. The zero-order chi connectivity index (χ0) is 14.5. The van der Waals surface area contributed by atoms with Gasteiger partial charge in [-0.2, -0.15) is 0 Å². The molecule has 3 nitrogen and oxygen atoms in total. The lowest BCUT2D eigenvalue weighted by molar-refractivity contribution is 0.193. The highest BCUT2D eigenvalue weighted by Gasteiger charge is 2.25. The second-order valence-corrected chi connectivity index (χ2v) is 5.48. The molecule has 1 aromatic rings. The number of rotatable bonds is 6. The van der Waals surface area contributed by atoms with Crippen LogP contribution in [0.2, 0.25) is 0 Å². The minimum atomic E-state index is -0.135. The first kappa shape index (κ1) is 15.3. The zero-order valence-electron chi connectivity index (χ0n) is 12.7. The Balaban J connectivity index is 2.25. The first-order valence-electron chi connectivity index (χ1n) is 7.47. The Morgan fingerprint density at radius 3 is 2.95 bits per heavy atom. The molecule has 1 saturated heterocycles. The number of nitrogens with one attached hydrogen (secondary N) is 1. The quantitative estimate of drug-likeness (QED) is 0.866. The summed E-state index contributed by atoms with van der Waals surface area (Å²) in [7, 11) is 2.03. The molecule has 0 radical (unpaired) electrons. The van der Waals surface area contributed by atoms with Crippen LogP contribution in [0.5, 0.6) is 0 Å². The van der Waals surface area contributed by atoms with Gasteiger partial charge in [-0.3, -0.25) is 0 Å². The molecule has 4 heteroatoms. The molecule has 0 bridgehead atoms. The van der Waals surface area contributed by atoms with Gasteiger partial charge >= 0.3 is 0 Å². The number of anilines is 1. The fraction of sp³-hybridized carbons (Fsp3) is 0.625. The van der Waals surface area contributed by atoms with Crippen molar-refractivity contribution in [3.8, 4) is 0 Å². The molecule has 1 aliphatic rings. The van der Waals surface area contributed by atoms with Crippen LogP contribution in [0.4, 0.5) is 10.1 Å². The minimum absolute atomic E-state index is 0.0101. The molecular formula is C16H25FN2O. The Kier molecular flexibility index (Phi) is 5.38. The highest BCUT2D eigenvalue weighted by atomic mass is 19.1. The molecule has 0 amide bonds. The molecule has 1 fully saturated rings. The van der Waals surface area contributed by atoms with E-state index in [1.54, 1.807) is 12.1 Å². The molecule has 1 aliphatic heterocycles. The molecule has 0 saturated carbocycles. The van der Waals surface area contributed by atoms with Crippen molar-refractivity contribution in [3.05, 3.63) is 29.6 Å². The molecule has 0 spiro atoms. The van der Waals surface area contributed by atoms with Crippen molar-refractivity contribution in [2.45, 2.75) is 38.8 Å². The van der Waals surface area contributed by atoms with Crippen LogP contribution in [0, 0.1) is 5.82 Å². The Morgan fingerprint density at radius 2 is 2.30 bits per heavy atom. The predicted molar refractivity (Wildman–Crippen MR) is 80.7 cm³/mol. The van der Waals surface area contributed by atoms with E-state index >= 15 is 0 Å². The fourth-order valence-electron chi connectivity index (χ4n) is 2.75. The molecule has 20 heavy (non-hydrogen) atoms. The molecule has 2 rings (SSSR count). The van der Waals surface area contributed by atoms with E-state index in [2.05, 4.69) is 17.1 Å².